The molecule has 0 bridgehead atoms. The molecule has 0 aliphatic rings. The Morgan fingerprint density at radius 1 is 1.38 bits per heavy atom. The highest BCUT2D eigenvalue weighted by Crippen LogP contribution is 2.28. The summed E-state index contributed by atoms with van der Waals surface area (Å²) < 4.78 is 26.2. The van der Waals surface area contributed by atoms with Gasteiger partial charge in [0.2, 0.25) is 0 Å². The fourth-order valence-corrected chi connectivity index (χ4v) is 1.34. The smallest absolute Gasteiger partial charge is 0.173 e. The Morgan fingerprint density at radius 3 is 2.38 bits per heavy atom. The third kappa shape index (κ3) is 1.89. The highest BCUT2D eigenvalue weighted by molar-refractivity contribution is 9.10. The molecule has 0 aliphatic heterocycles. The second-order valence-electron chi connectivity index (χ2n) is 2.87. The average Bonchev–Trinajstić information content (AvgIpc) is 2.07. The minimum absolute atomic E-state index is 0.0781. The van der Waals surface area contributed by atoms with Crippen LogP contribution in [0.5, 0.6) is 0 Å². The van der Waals surface area contributed by atoms with Crippen molar-refractivity contribution in [1.29, 1.82) is 0 Å². The van der Waals surface area contributed by atoms with Crippen LogP contribution in [0.2, 0.25) is 0 Å². The van der Waals surface area contributed by atoms with E-state index in [1.165, 1.54) is 13.0 Å². The van der Waals surface area contributed by atoms with Gasteiger partial charge in [0.15, 0.2) is 11.6 Å². The largest absolute Gasteiger partial charge is 0.228 e. The van der Waals surface area contributed by atoms with E-state index in [1.54, 1.807) is 6.92 Å². The normalized spacial score (nSPS) is 13.1. The number of benzene rings is 1. The molecule has 1 radical (unpaired) electrons. The molecule has 1 unspecified atom stereocenters. The van der Waals surface area contributed by atoms with Crippen molar-refractivity contribution in [2.45, 2.75) is 20.0 Å². The molecule has 71 valence electrons. The van der Waals surface area contributed by atoms with Gasteiger partial charge < -0.3 is 0 Å². The first kappa shape index (κ1) is 10.6. The Hall–Kier alpha value is -0.480. The maximum absolute atomic E-state index is 13.1. The molecule has 0 spiro atoms. The fraction of sp³-hybridized carbons (Fsp3) is 0.333. The lowest BCUT2D eigenvalue weighted by Crippen LogP contribution is -2.00. The van der Waals surface area contributed by atoms with Gasteiger partial charge in [-0.3, -0.25) is 0 Å². The number of rotatable bonds is 1. The summed E-state index contributed by atoms with van der Waals surface area (Å²) in [5.41, 5.74) is 0.398. The van der Waals surface area contributed by atoms with Crippen molar-refractivity contribution in [1.82, 2.24) is 0 Å². The molecule has 4 heteroatoms. The van der Waals surface area contributed by atoms with Gasteiger partial charge in [0.25, 0.3) is 0 Å². The van der Waals surface area contributed by atoms with Gasteiger partial charge in [-0.25, -0.2) is 13.9 Å². The van der Waals surface area contributed by atoms with Crippen LogP contribution in [0, 0.1) is 18.6 Å². The van der Waals surface area contributed by atoms with Crippen LogP contribution in [-0.4, -0.2) is 0 Å². The van der Waals surface area contributed by atoms with E-state index in [-0.39, 0.29) is 10.0 Å². The van der Waals surface area contributed by atoms with Crippen molar-refractivity contribution < 1.29 is 13.9 Å². The predicted octanol–water partition coefficient (Wildman–Crippen LogP) is 3.53. The summed E-state index contributed by atoms with van der Waals surface area (Å²) in [6.07, 6.45) is -1.25. The van der Waals surface area contributed by atoms with Gasteiger partial charge in [-0.05, 0) is 41.4 Å². The molecule has 0 fully saturated rings. The van der Waals surface area contributed by atoms with Crippen LogP contribution in [0.25, 0.3) is 0 Å². The summed E-state index contributed by atoms with van der Waals surface area (Å²) in [6, 6.07) is 1.36. The molecule has 0 aliphatic carbocycles. The third-order valence-electron chi connectivity index (χ3n) is 1.80. The first-order valence-electron chi connectivity index (χ1n) is 3.75. The maximum Gasteiger partial charge on any atom is 0.173 e. The molecular formula is C9H8BrF2O. The summed E-state index contributed by atoms with van der Waals surface area (Å²) in [4.78, 5) is 0. The topological polar surface area (TPSA) is 19.9 Å². The van der Waals surface area contributed by atoms with Crippen LogP contribution in [0.4, 0.5) is 8.78 Å². The first-order chi connectivity index (χ1) is 5.95. The summed E-state index contributed by atoms with van der Waals surface area (Å²) in [7, 11) is 0. The van der Waals surface area contributed by atoms with Gasteiger partial charge >= 0.3 is 0 Å². The molecule has 0 aromatic heterocycles. The molecule has 13 heavy (non-hydrogen) atoms. The lowest BCUT2D eigenvalue weighted by Gasteiger charge is -2.08. The van der Waals surface area contributed by atoms with Crippen molar-refractivity contribution in [3.63, 3.8) is 0 Å². The van der Waals surface area contributed by atoms with E-state index >= 15 is 0 Å². The molecule has 1 aromatic rings. The highest BCUT2D eigenvalue weighted by atomic mass is 79.9. The Morgan fingerprint density at radius 2 is 1.92 bits per heavy atom. The van der Waals surface area contributed by atoms with Gasteiger partial charge in [0.1, 0.15) is 6.10 Å². The Labute approximate surface area is 83.5 Å². The molecule has 0 saturated carbocycles. The first-order valence-corrected chi connectivity index (χ1v) is 4.54. The molecule has 0 heterocycles. The van der Waals surface area contributed by atoms with Crippen LogP contribution < -0.4 is 0 Å². The Kier molecular flexibility index (Phi) is 3.03. The van der Waals surface area contributed by atoms with Crippen molar-refractivity contribution in [2.24, 2.45) is 0 Å². The standard InChI is InChI=1S/C9H8BrF2O/c1-4-3-6(5(2)13)8(11)9(12)7(4)10/h3,5H,1-2H3. The van der Waals surface area contributed by atoms with Crippen molar-refractivity contribution in [2.75, 3.05) is 0 Å². The van der Waals surface area contributed by atoms with E-state index in [0.29, 0.717) is 5.56 Å². The molecule has 0 N–H and O–H groups in total. The van der Waals surface area contributed by atoms with Crippen LogP contribution in [-0.2, 0) is 5.11 Å². The number of aryl methyl sites for hydroxylation is 1. The lowest BCUT2D eigenvalue weighted by molar-refractivity contribution is 0.102. The summed E-state index contributed by atoms with van der Waals surface area (Å²) >= 11 is 2.90. The SMILES string of the molecule is Cc1cc(C(C)[O])c(F)c(F)c1Br. The van der Waals surface area contributed by atoms with Crippen LogP contribution in [0.1, 0.15) is 24.2 Å². The van der Waals surface area contributed by atoms with Crippen molar-refractivity contribution in [3.8, 4) is 0 Å². The summed E-state index contributed by atoms with van der Waals surface area (Å²) in [5, 5.41) is 10.9. The third-order valence-corrected chi connectivity index (χ3v) is 2.77. The van der Waals surface area contributed by atoms with Gasteiger partial charge in [0.05, 0.1) is 4.47 Å². The molecule has 1 atom stereocenters. The lowest BCUT2D eigenvalue weighted by atomic mass is 10.1. The van der Waals surface area contributed by atoms with Gasteiger partial charge in [-0.1, -0.05) is 0 Å². The maximum atomic E-state index is 13.1. The van der Waals surface area contributed by atoms with Crippen LogP contribution in [0.3, 0.4) is 0 Å². The summed E-state index contributed by atoms with van der Waals surface area (Å²) in [5.74, 6) is -2.04. The second kappa shape index (κ2) is 3.72. The zero-order valence-corrected chi connectivity index (χ0v) is 8.78. The fourth-order valence-electron chi connectivity index (χ4n) is 1.05. The molecule has 1 rings (SSSR count). The molecule has 1 nitrogen and oxygen atoms in total. The monoisotopic (exact) mass is 249 g/mol. The van der Waals surface area contributed by atoms with Crippen LogP contribution >= 0.6 is 15.9 Å². The zero-order chi connectivity index (χ0) is 10.2. The minimum Gasteiger partial charge on any atom is -0.228 e. The van der Waals surface area contributed by atoms with Gasteiger partial charge in [-0.2, -0.15) is 0 Å². The number of halogens is 3. The number of hydrogen-bond donors (Lipinski definition) is 0. The molecule has 0 amide bonds. The average molecular weight is 250 g/mol. The highest BCUT2D eigenvalue weighted by Gasteiger charge is 2.18. The van der Waals surface area contributed by atoms with Crippen molar-refractivity contribution in [3.05, 3.63) is 33.3 Å². The second-order valence-corrected chi connectivity index (χ2v) is 3.66. The van der Waals surface area contributed by atoms with E-state index in [4.69, 9.17) is 0 Å². The molecular weight excluding hydrogens is 242 g/mol. The Bertz CT molecular complexity index is 337. The van der Waals surface area contributed by atoms with E-state index in [2.05, 4.69) is 15.9 Å². The van der Waals surface area contributed by atoms with E-state index in [0.717, 1.165) is 0 Å². The molecule has 0 saturated heterocycles. The van der Waals surface area contributed by atoms with E-state index in [9.17, 15) is 13.9 Å². The summed E-state index contributed by atoms with van der Waals surface area (Å²) in [6.45, 7) is 2.89. The predicted molar refractivity (Wildman–Crippen MR) is 47.9 cm³/mol. The van der Waals surface area contributed by atoms with E-state index in [1.807, 2.05) is 0 Å². The quantitative estimate of drug-likeness (QED) is 0.679. The zero-order valence-electron chi connectivity index (χ0n) is 7.20. The van der Waals surface area contributed by atoms with Crippen LogP contribution in [0.15, 0.2) is 10.5 Å². The molecule has 1 aromatic carbocycles. The van der Waals surface area contributed by atoms with Gasteiger partial charge in [0, 0.05) is 5.56 Å². The Balaban J connectivity index is 3.41. The van der Waals surface area contributed by atoms with Crippen molar-refractivity contribution >= 4 is 15.9 Å². The number of hydrogen-bond acceptors (Lipinski definition) is 0. The van der Waals surface area contributed by atoms with E-state index < -0.39 is 17.7 Å². The van der Waals surface area contributed by atoms with Gasteiger partial charge in [-0.15, -0.1) is 0 Å². The minimum atomic E-state index is -1.25.